The van der Waals surface area contributed by atoms with Crippen LogP contribution in [-0.4, -0.2) is 23.8 Å². The zero-order valence-electron chi connectivity index (χ0n) is 15.8. The number of halogens is 1. The van der Waals surface area contributed by atoms with Crippen LogP contribution in [0, 0.1) is 0 Å². The molecule has 0 spiro atoms. The predicted molar refractivity (Wildman–Crippen MR) is 112 cm³/mol. The van der Waals surface area contributed by atoms with Gasteiger partial charge in [-0.15, -0.1) is 0 Å². The number of nitrogens with one attached hydrogen (secondary N) is 1. The van der Waals surface area contributed by atoms with E-state index in [0.717, 1.165) is 18.4 Å². The number of anilines is 1. The number of nitrogens with zero attached hydrogens (tertiary/aromatic N) is 1. The van der Waals surface area contributed by atoms with E-state index in [4.69, 9.17) is 16.3 Å². The topological polar surface area (TPSA) is 68.3 Å². The number of pyridine rings is 1. The Morgan fingerprint density at radius 3 is 2.38 bits per heavy atom. The first-order valence-electron chi connectivity index (χ1n) is 9.25. The van der Waals surface area contributed by atoms with Gasteiger partial charge in [0.25, 0.3) is 0 Å². The smallest absolute Gasteiger partial charge is 0.236 e. The highest BCUT2D eigenvalue weighted by atomic mass is 35.5. The SMILES string of the molecule is COc1ccccc1C(=O)c1ccc(NC(=O)C2(c3ccc(Cl)cc3)CC2)nc1. The molecule has 0 unspecified atom stereocenters. The van der Waals surface area contributed by atoms with Crippen molar-refractivity contribution in [1.82, 2.24) is 4.98 Å². The third-order valence-corrected chi connectivity index (χ3v) is 5.45. The van der Waals surface area contributed by atoms with Crippen molar-refractivity contribution in [2.75, 3.05) is 12.4 Å². The summed E-state index contributed by atoms with van der Waals surface area (Å²) in [5.74, 6) is 0.629. The summed E-state index contributed by atoms with van der Waals surface area (Å²) in [4.78, 5) is 29.8. The van der Waals surface area contributed by atoms with Gasteiger partial charge < -0.3 is 10.1 Å². The number of rotatable bonds is 6. The van der Waals surface area contributed by atoms with E-state index in [-0.39, 0.29) is 11.7 Å². The van der Waals surface area contributed by atoms with E-state index in [0.29, 0.717) is 27.7 Å². The molecule has 0 atom stereocenters. The lowest BCUT2D eigenvalue weighted by Gasteiger charge is -2.15. The zero-order valence-corrected chi connectivity index (χ0v) is 16.6. The number of ketones is 1. The third-order valence-electron chi connectivity index (χ3n) is 5.20. The van der Waals surface area contributed by atoms with Crippen molar-refractivity contribution in [1.29, 1.82) is 0 Å². The Balaban J connectivity index is 1.49. The fraction of sp³-hybridized carbons (Fsp3) is 0.174. The summed E-state index contributed by atoms with van der Waals surface area (Å²) >= 11 is 5.95. The lowest BCUT2D eigenvalue weighted by atomic mass is 9.95. The fourth-order valence-corrected chi connectivity index (χ4v) is 3.49. The number of hydrogen-bond acceptors (Lipinski definition) is 4. The van der Waals surface area contributed by atoms with E-state index in [9.17, 15) is 9.59 Å². The first-order chi connectivity index (χ1) is 14.0. The molecule has 1 N–H and O–H groups in total. The van der Waals surface area contributed by atoms with Gasteiger partial charge in [-0.25, -0.2) is 4.98 Å². The van der Waals surface area contributed by atoms with Crippen LogP contribution in [0.25, 0.3) is 0 Å². The molecule has 1 aliphatic rings. The molecule has 146 valence electrons. The lowest BCUT2D eigenvalue weighted by Crippen LogP contribution is -2.28. The highest BCUT2D eigenvalue weighted by molar-refractivity contribution is 6.30. The molecule has 29 heavy (non-hydrogen) atoms. The molecule has 0 aliphatic heterocycles. The van der Waals surface area contributed by atoms with Crippen LogP contribution in [0.4, 0.5) is 5.82 Å². The first-order valence-corrected chi connectivity index (χ1v) is 9.62. The summed E-state index contributed by atoms with van der Waals surface area (Å²) < 4.78 is 5.25. The summed E-state index contributed by atoms with van der Waals surface area (Å²) in [6.07, 6.45) is 3.03. The Hall–Kier alpha value is -3.18. The molecule has 3 aromatic rings. The number of carbonyl (C=O) groups is 2. The molecule has 2 aromatic carbocycles. The van der Waals surface area contributed by atoms with Gasteiger partial charge >= 0.3 is 0 Å². The van der Waals surface area contributed by atoms with Crippen LogP contribution in [0.1, 0.15) is 34.3 Å². The van der Waals surface area contributed by atoms with Crippen molar-refractivity contribution >= 4 is 29.1 Å². The van der Waals surface area contributed by atoms with Gasteiger partial charge in [0.2, 0.25) is 5.91 Å². The maximum Gasteiger partial charge on any atom is 0.236 e. The number of ether oxygens (including phenoxy) is 1. The highest BCUT2D eigenvalue weighted by Gasteiger charge is 2.51. The molecule has 1 saturated carbocycles. The lowest BCUT2D eigenvalue weighted by molar-refractivity contribution is -0.118. The van der Waals surface area contributed by atoms with Crippen molar-refractivity contribution in [3.8, 4) is 5.75 Å². The largest absolute Gasteiger partial charge is 0.496 e. The molecule has 1 amide bonds. The number of hydrogen-bond donors (Lipinski definition) is 1. The Morgan fingerprint density at radius 2 is 1.76 bits per heavy atom. The van der Waals surface area contributed by atoms with Crippen LogP contribution >= 0.6 is 11.6 Å². The normalized spacial score (nSPS) is 14.1. The number of benzene rings is 2. The van der Waals surface area contributed by atoms with E-state index in [1.54, 1.807) is 48.5 Å². The molecule has 1 heterocycles. The van der Waals surface area contributed by atoms with Gasteiger partial charge in [0.15, 0.2) is 5.78 Å². The first kappa shape index (κ1) is 19.2. The van der Waals surface area contributed by atoms with Crippen molar-refractivity contribution in [2.45, 2.75) is 18.3 Å². The minimum Gasteiger partial charge on any atom is -0.496 e. The molecule has 0 radical (unpaired) electrons. The van der Waals surface area contributed by atoms with E-state index >= 15 is 0 Å². The third kappa shape index (κ3) is 3.74. The highest BCUT2D eigenvalue weighted by Crippen LogP contribution is 2.49. The van der Waals surface area contributed by atoms with Crippen molar-refractivity contribution in [2.24, 2.45) is 0 Å². The molecule has 0 bridgehead atoms. The second kappa shape index (κ2) is 7.68. The van der Waals surface area contributed by atoms with E-state index < -0.39 is 5.41 Å². The Labute approximate surface area is 173 Å². The summed E-state index contributed by atoms with van der Waals surface area (Å²) in [7, 11) is 1.53. The van der Waals surface area contributed by atoms with Crippen LogP contribution in [0.3, 0.4) is 0 Å². The molecule has 1 fully saturated rings. The molecule has 5 nitrogen and oxygen atoms in total. The predicted octanol–water partition coefficient (Wildman–Crippen LogP) is 4.64. The van der Waals surface area contributed by atoms with Crippen LogP contribution < -0.4 is 10.1 Å². The van der Waals surface area contributed by atoms with Crippen molar-refractivity contribution < 1.29 is 14.3 Å². The minimum atomic E-state index is -0.530. The number of amides is 1. The molecule has 4 rings (SSSR count). The van der Waals surface area contributed by atoms with Crippen LogP contribution in [0.5, 0.6) is 5.75 Å². The quantitative estimate of drug-likeness (QED) is 0.605. The molecular weight excluding hydrogens is 388 g/mol. The van der Waals surface area contributed by atoms with Gasteiger partial charge in [0.1, 0.15) is 11.6 Å². The maximum absolute atomic E-state index is 12.8. The van der Waals surface area contributed by atoms with E-state index in [2.05, 4.69) is 10.3 Å². The summed E-state index contributed by atoms with van der Waals surface area (Å²) in [6, 6.07) is 17.7. The molecular formula is C23H19ClN2O3. The second-order valence-corrected chi connectivity index (χ2v) is 7.44. The summed E-state index contributed by atoms with van der Waals surface area (Å²) in [6.45, 7) is 0. The maximum atomic E-state index is 12.8. The average molecular weight is 407 g/mol. The van der Waals surface area contributed by atoms with Crippen molar-refractivity contribution in [3.63, 3.8) is 0 Å². The fourth-order valence-electron chi connectivity index (χ4n) is 3.37. The monoisotopic (exact) mass is 406 g/mol. The van der Waals surface area contributed by atoms with Gasteiger partial charge in [0.05, 0.1) is 18.1 Å². The standard InChI is InChI=1S/C23H19ClN2O3/c1-29-19-5-3-2-4-18(19)21(27)15-6-11-20(25-14-15)26-22(28)23(12-13-23)16-7-9-17(24)10-8-16/h2-11,14H,12-13H2,1H3,(H,25,26,28). The van der Waals surface area contributed by atoms with Crippen molar-refractivity contribution in [3.05, 3.63) is 88.6 Å². The second-order valence-electron chi connectivity index (χ2n) is 7.00. The van der Waals surface area contributed by atoms with E-state index in [1.807, 2.05) is 12.1 Å². The number of methoxy groups -OCH3 is 1. The summed E-state index contributed by atoms with van der Waals surface area (Å²) in [5.41, 5.74) is 1.31. The van der Waals surface area contributed by atoms with Crippen LogP contribution in [-0.2, 0) is 10.2 Å². The molecule has 1 aromatic heterocycles. The zero-order chi connectivity index (χ0) is 20.4. The molecule has 0 saturated heterocycles. The average Bonchev–Trinajstić information content (AvgIpc) is 3.56. The molecule has 1 aliphatic carbocycles. The van der Waals surface area contributed by atoms with Gasteiger partial charge in [-0.3, -0.25) is 9.59 Å². The van der Waals surface area contributed by atoms with Gasteiger partial charge in [-0.2, -0.15) is 0 Å². The van der Waals surface area contributed by atoms with Gasteiger partial charge in [-0.05, 0) is 54.8 Å². The van der Waals surface area contributed by atoms with E-state index in [1.165, 1.54) is 13.3 Å². The minimum absolute atomic E-state index is 0.101. The Morgan fingerprint density at radius 1 is 1.03 bits per heavy atom. The number of aromatic nitrogens is 1. The van der Waals surface area contributed by atoms with Crippen LogP contribution in [0.15, 0.2) is 66.9 Å². The van der Waals surface area contributed by atoms with Gasteiger partial charge in [0, 0.05) is 16.8 Å². The van der Waals surface area contributed by atoms with Crippen LogP contribution in [0.2, 0.25) is 5.02 Å². The Kier molecular flexibility index (Phi) is 5.07. The van der Waals surface area contributed by atoms with Gasteiger partial charge in [-0.1, -0.05) is 35.9 Å². The number of carbonyl (C=O) groups excluding carboxylic acids is 2. The summed E-state index contributed by atoms with van der Waals surface area (Å²) in [5, 5.41) is 3.51. The molecule has 6 heteroatoms. The Bertz CT molecular complexity index is 1060. The number of para-hydroxylation sites is 1.